The molecule has 0 heterocycles. The minimum Gasteiger partial charge on any atom is -0.398 e. The lowest BCUT2D eigenvalue weighted by molar-refractivity contribution is 0.222. The van der Waals surface area contributed by atoms with Gasteiger partial charge in [-0.25, -0.2) is 0 Å². The van der Waals surface area contributed by atoms with Crippen molar-refractivity contribution in [1.82, 2.24) is 5.48 Å². The van der Waals surface area contributed by atoms with E-state index in [1.165, 1.54) is 6.40 Å². The second-order valence-corrected chi connectivity index (χ2v) is 0.926. The third-order valence-electron chi connectivity index (χ3n) is 0.428. The average molecular weight is 99.9 g/mol. The molecule has 0 atom stereocenters. The Bertz CT molecular complexity index is 56.9. The molecule has 0 aliphatic heterocycles. The van der Waals surface area contributed by atoms with Crippen LogP contribution in [0.25, 0.3) is 0 Å². The van der Waals surface area contributed by atoms with Crippen LogP contribution in [0.4, 0.5) is 0 Å². The SMILES string of the molecule is CB/N=C/ONC. The van der Waals surface area contributed by atoms with E-state index in [1.54, 1.807) is 7.05 Å². The summed E-state index contributed by atoms with van der Waals surface area (Å²) < 4.78 is 0. The zero-order chi connectivity index (χ0) is 5.54. The van der Waals surface area contributed by atoms with Gasteiger partial charge in [0.05, 0.1) is 0 Å². The number of hydrogen-bond donors (Lipinski definition) is 1. The highest BCUT2D eigenvalue weighted by molar-refractivity contribution is 6.32. The summed E-state index contributed by atoms with van der Waals surface area (Å²) in [6.07, 6.45) is 1.38. The molecule has 0 unspecified atom stereocenters. The minimum absolute atomic E-state index is 0.766. The molecule has 0 aliphatic rings. The third-order valence-corrected chi connectivity index (χ3v) is 0.428. The lowest BCUT2D eigenvalue weighted by Crippen LogP contribution is -2.04. The molecule has 0 aromatic rings. The molecule has 3 nitrogen and oxygen atoms in total. The molecule has 0 aliphatic carbocycles. The van der Waals surface area contributed by atoms with Crippen molar-refractivity contribution in [3.05, 3.63) is 0 Å². The van der Waals surface area contributed by atoms with Crippen molar-refractivity contribution >= 4 is 13.8 Å². The van der Waals surface area contributed by atoms with Gasteiger partial charge >= 0.3 is 0 Å². The molecule has 0 radical (unpaired) electrons. The minimum atomic E-state index is 0.766. The molecule has 0 amide bonds. The molecule has 0 fully saturated rings. The monoisotopic (exact) mass is 100 g/mol. The van der Waals surface area contributed by atoms with E-state index in [-0.39, 0.29) is 0 Å². The molecule has 0 rings (SSSR count). The van der Waals surface area contributed by atoms with Crippen LogP contribution in [0.15, 0.2) is 4.90 Å². The summed E-state index contributed by atoms with van der Waals surface area (Å²) in [6.45, 7) is 1.94. The van der Waals surface area contributed by atoms with E-state index < -0.39 is 0 Å². The van der Waals surface area contributed by atoms with Crippen LogP contribution in [-0.4, -0.2) is 20.9 Å². The maximum absolute atomic E-state index is 4.53. The molecular weight excluding hydrogens is 90.9 g/mol. The highest BCUT2D eigenvalue weighted by atomic mass is 16.6. The average Bonchev–Trinajstić information content (AvgIpc) is 1.69. The zero-order valence-electron chi connectivity index (χ0n) is 4.64. The van der Waals surface area contributed by atoms with Crippen LogP contribution in [-0.2, 0) is 4.84 Å². The standard InChI is InChI=1S/C3H9BN2O/c1-4-6-3-7-5-2/h3-5H,1-2H3/b6-3+. The van der Waals surface area contributed by atoms with Gasteiger partial charge in [0.1, 0.15) is 0 Å². The first kappa shape index (κ1) is 6.49. The second kappa shape index (κ2) is 5.49. The van der Waals surface area contributed by atoms with E-state index >= 15 is 0 Å². The summed E-state index contributed by atoms with van der Waals surface area (Å²) in [5.74, 6) is 0. The van der Waals surface area contributed by atoms with Crippen LogP contribution in [0.1, 0.15) is 0 Å². The van der Waals surface area contributed by atoms with E-state index in [9.17, 15) is 0 Å². The van der Waals surface area contributed by atoms with Gasteiger partial charge in [0.15, 0.2) is 6.40 Å². The molecule has 0 spiro atoms. The Morgan fingerprint density at radius 1 is 1.86 bits per heavy atom. The predicted octanol–water partition coefficient (Wildman–Crippen LogP) is -0.435. The van der Waals surface area contributed by atoms with Gasteiger partial charge < -0.3 is 9.74 Å². The van der Waals surface area contributed by atoms with Gasteiger partial charge in [-0.3, -0.25) is 0 Å². The summed E-state index contributed by atoms with van der Waals surface area (Å²) in [6, 6.07) is 0. The van der Waals surface area contributed by atoms with Gasteiger partial charge in [-0.1, -0.05) is 6.82 Å². The maximum Gasteiger partial charge on any atom is 0.262 e. The lowest BCUT2D eigenvalue weighted by Gasteiger charge is -1.88. The molecule has 0 saturated carbocycles. The molecule has 7 heavy (non-hydrogen) atoms. The van der Waals surface area contributed by atoms with Crippen LogP contribution in [0, 0.1) is 0 Å². The van der Waals surface area contributed by atoms with E-state index in [2.05, 4.69) is 15.2 Å². The van der Waals surface area contributed by atoms with Gasteiger partial charge in [-0.05, 0) is 0 Å². The first-order valence-electron chi connectivity index (χ1n) is 2.22. The first-order chi connectivity index (χ1) is 3.41. The van der Waals surface area contributed by atoms with Gasteiger partial charge in [0, 0.05) is 7.05 Å². The van der Waals surface area contributed by atoms with Crippen molar-refractivity contribution in [3.8, 4) is 0 Å². The van der Waals surface area contributed by atoms with Crippen molar-refractivity contribution in [3.63, 3.8) is 0 Å². The Kier molecular flexibility index (Phi) is 5.10. The Morgan fingerprint density at radius 2 is 2.57 bits per heavy atom. The molecule has 0 aromatic carbocycles. The van der Waals surface area contributed by atoms with Crippen molar-refractivity contribution in [2.45, 2.75) is 6.82 Å². The predicted molar refractivity (Wildman–Crippen MR) is 31.6 cm³/mol. The van der Waals surface area contributed by atoms with Crippen molar-refractivity contribution in [2.75, 3.05) is 7.05 Å². The summed E-state index contributed by atoms with van der Waals surface area (Å²) in [7, 11) is 2.45. The van der Waals surface area contributed by atoms with Crippen LogP contribution < -0.4 is 5.48 Å². The zero-order valence-corrected chi connectivity index (χ0v) is 4.64. The normalized spacial score (nSPS) is 9.43. The Balaban J connectivity index is 2.78. The largest absolute Gasteiger partial charge is 0.398 e. The molecule has 40 valence electrons. The molecule has 1 N–H and O–H groups in total. The van der Waals surface area contributed by atoms with Gasteiger partial charge in [-0.15, -0.1) is 0 Å². The smallest absolute Gasteiger partial charge is 0.262 e. The van der Waals surface area contributed by atoms with Gasteiger partial charge in [0.25, 0.3) is 7.41 Å². The lowest BCUT2D eigenvalue weighted by atomic mass is 10.0. The number of hydrogen-bond acceptors (Lipinski definition) is 3. The van der Waals surface area contributed by atoms with Crippen LogP contribution in [0.3, 0.4) is 0 Å². The Morgan fingerprint density at radius 3 is 3.00 bits per heavy atom. The molecule has 0 bridgehead atoms. The van der Waals surface area contributed by atoms with Crippen molar-refractivity contribution < 1.29 is 4.84 Å². The molecule has 0 aromatic heterocycles. The maximum atomic E-state index is 4.53. The Labute approximate surface area is 44.0 Å². The number of nitrogens with one attached hydrogen (secondary N) is 1. The van der Waals surface area contributed by atoms with E-state index in [0.29, 0.717) is 0 Å². The fourth-order valence-corrected chi connectivity index (χ4v) is 0.165. The molecule has 4 heteroatoms. The topological polar surface area (TPSA) is 33.6 Å². The van der Waals surface area contributed by atoms with Crippen LogP contribution in [0.2, 0.25) is 6.82 Å². The second-order valence-electron chi connectivity index (χ2n) is 0.926. The highest BCUT2D eigenvalue weighted by Crippen LogP contribution is 1.57. The Hall–Kier alpha value is -0.505. The fourth-order valence-electron chi connectivity index (χ4n) is 0.165. The summed E-state index contributed by atoms with van der Waals surface area (Å²) in [4.78, 5) is 8.28. The number of hydroxylamine groups is 1. The quantitative estimate of drug-likeness (QED) is 0.226. The van der Waals surface area contributed by atoms with Crippen LogP contribution >= 0.6 is 0 Å². The fraction of sp³-hybridized carbons (Fsp3) is 0.667. The van der Waals surface area contributed by atoms with E-state index in [1.807, 2.05) is 6.82 Å². The van der Waals surface area contributed by atoms with Gasteiger partial charge in [-0.2, -0.15) is 5.48 Å². The van der Waals surface area contributed by atoms with Crippen molar-refractivity contribution in [2.24, 2.45) is 4.90 Å². The van der Waals surface area contributed by atoms with Crippen LogP contribution in [0.5, 0.6) is 0 Å². The number of rotatable bonds is 3. The summed E-state index contributed by atoms with van der Waals surface area (Å²) >= 11 is 0. The summed E-state index contributed by atoms with van der Waals surface area (Å²) in [5.41, 5.74) is 2.45. The molecular formula is C3H9BN2O. The highest BCUT2D eigenvalue weighted by Gasteiger charge is 1.66. The number of nitrogens with zero attached hydrogens (tertiary/aromatic N) is 1. The van der Waals surface area contributed by atoms with E-state index in [4.69, 9.17) is 0 Å². The third kappa shape index (κ3) is 5.49. The molecule has 0 saturated heterocycles. The van der Waals surface area contributed by atoms with Crippen molar-refractivity contribution in [1.29, 1.82) is 0 Å². The van der Waals surface area contributed by atoms with Gasteiger partial charge in [0.2, 0.25) is 0 Å². The van der Waals surface area contributed by atoms with E-state index in [0.717, 1.165) is 7.41 Å². The summed E-state index contributed by atoms with van der Waals surface area (Å²) in [5, 5.41) is 0. The first-order valence-corrected chi connectivity index (χ1v) is 2.22.